The highest BCUT2D eigenvalue weighted by atomic mass is 79.9. The fourth-order valence-electron chi connectivity index (χ4n) is 2.87. The van der Waals surface area contributed by atoms with Gasteiger partial charge in [0.1, 0.15) is 17.0 Å². The first-order chi connectivity index (χ1) is 10.3. The Labute approximate surface area is 135 Å². The molecule has 0 spiro atoms. The smallest absolute Gasteiger partial charge is 0.141 e. The summed E-state index contributed by atoms with van der Waals surface area (Å²) in [7, 11) is 0. The molecular formula is C16H14BrN3S. The molecule has 1 fully saturated rings. The van der Waals surface area contributed by atoms with E-state index in [4.69, 9.17) is 0 Å². The first-order valence-corrected chi connectivity index (χ1v) is 8.73. The molecule has 3 aromatic rings. The summed E-state index contributed by atoms with van der Waals surface area (Å²) < 4.78 is 1.10. The van der Waals surface area contributed by atoms with Crippen LogP contribution in [-0.4, -0.2) is 23.1 Å². The lowest BCUT2D eigenvalue weighted by atomic mass is 10.1. The molecule has 3 heterocycles. The van der Waals surface area contributed by atoms with Gasteiger partial charge in [0.2, 0.25) is 0 Å². The third-order valence-corrected chi connectivity index (χ3v) is 5.33. The van der Waals surface area contributed by atoms with Crippen LogP contribution < -0.4 is 4.90 Å². The summed E-state index contributed by atoms with van der Waals surface area (Å²) >= 11 is 5.19. The zero-order valence-electron chi connectivity index (χ0n) is 11.4. The summed E-state index contributed by atoms with van der Waals surface area (Å²) in [6.45, 7) is 2.20. The highest BCUT2D eigenvalue weighted by Crippen LogP contribution is 2.38. The second kappa shape index (κ2) is 5.39. The molecule has 3 nitrogen and oxygen atoms in total. The number of hydrogen-bond donors (Lipinski definition) is 0. The van der Waals surface area contributed by atoms with Crippen LogP contribution in [0.15, 0.2) is 40.4 Å². The van der Waals surface area contributed by atoms with Gasteiger partial charge in [0.15, 0.2) is 0 Å². The van der Waals surface area contributed by atoms with E-state index in [9.17, 15) is 0 Å². The monoisotopic (exact) mass is 359 g/mol. The van der Waals surface area contributed by atoms with Crippen LogP contribution in [0.4, 0.5) is 5.82 Å². The van der Waals surface area contributed by atoms with E-state index in [2.05, 4.69) is 60.4 Å². The Morgan fingerprint density at radius 1 is 1.05 bits per heavy atom. The number of thiophene rings is 1. The van der Waals surface area contributed by atoms with Crippen LogP contribution in [0.1, 0.15) is 12.8 Å². The van der Waals surface area contributed by atoms with Crippen LogP contribution in [0.25, 0.3) is 21.3 Å². The number of benzene rings is 1. The van der Waals surface area contributed by atoms with Gasteiger partial charge in [-0.15, -0.1) is 11.3 Å². The van der Waals surface area contributed by atoms with Crippen molar-refractivity contribution in [2.45, 2.75) is 12.8 Å². The van der Waals surface area contributed by atoms with Gasteiger partial charge in [-0.3, -0.25) is 0 Å². The highest BCUT2D eigenvalue weighted by molar-refractivity contribution is 9.10. The molecule has 21 heavy (non-hydrogen) atoms. The van der Waals surface area contributed by atoms with E-state index in [-0.39, 0.29) is 0 Å². The highest BCUT2D eigenvalue weighted by Gasteiger charge is 2.20. The molecule has 4 rings (SSSR count). The van der Waals surface area contributed by atoms with Gasteiger partial charge in [-0.25, -0.2) is 9.97 Å². The third-order valence-electron chi connectivity index (χ3n) is 3.91. The molecule has 1 aliphatic rings. The molecular weight excluding hydrogens is 346 g/mol. The normalized spacial score (nSPS) is 15.0. The minimum absolute atomic E-state index is 1.07. The zero-order valence-corrected chi connectivity index (χ0v) is 13.8. The molecule has 1 saturated heterocycles. The maximum absolute atomic E-state index is 4.58. The Morgan fingerprint density at radius 3 is 2.57 bits per heavy atom. The SMILES string of the molecule is Brc1ccc(-c2csc3ncnc(N4CCCC4)c23)cc1. The molecule has 0 N–H and O–H groups in total. The van der Waals surface area contributed by atoms with Crippen molar-refractivity contribution in [1.29, 1.82) is 0 Å². The Morgan fingerprint density at radius 2 is 1.81 bits per heavy atom. The maximum Gasteiger partial charge on any atom is 0.141 e. The number of halogens is 1. The largest absolute Gasteiger partial charge is 0.356 e. The van der Waals surface area contributed by atoms with E-state index < -0.39 is 0 Å². The van der Waals surface area contributed by atoms with Gasteiger partial charge >= 0.3 is 0 Å². The van der Waals surface area contributed by atoms with Gasteiger partial charge in [0.25, 0.3) is 0 Å². The minimum Gasteiger partial charge on any atom is -0.356 e. The lowest BCUT2D eigenvalue weighted by Gasteiger charge is -2.17. The van der Waals surface area contributed by atoms with Gasteiger partial charge in [-0.05, 0) is 30.5 Å². The summed E-state index contributed by atoms with van der Waals surface area (Å²) in [6.07, 6.45) is 4.20. The second-order valence-corrected chi connectivity index (χ2v) is 7.00. The van der Waals surface area contributed by atoms with E-state index in [1.807, 2.05) is 0 Å². The molecule has 0 bridgehead atoms. The van der Waals surface area contributed by atoms with Crippen LogP contribution in [0.2, 0.25) is 0 Å². The van der Waals surface area contributed by atoms with Crippen molar-refractivity contribution in [1.82, 2.24) is 9.97 Å². The van der Waals surface area contributed by atoms with Gasteiger partial charge in [-0.1, -0.05) is 28.1 Å². The van der Waals surface area contributed by atoms with Crippen molar-refractivity contribution < 1.29 is 0 Å². The van der Waals surface area contributed by atoms with Crippen LogP contribution in [0, 0.1) is 0 Å². The van der Waals surface area contributed by atoms with Crippen molar-refractivity contribution in [3.05, 3.63) is 40.4 Å². The molecule has 0 unspecified atom stereocenters. The first-order valence-electron chi connectivity index (χ1n) is 7.06. The van der Waals surface area contributed by atoms with Crippen LogP contribution >= 0.6 is 27.3 Å². The van der Waals surface area contributed by atoms with Crippen molar-refractivity contribution in [2.75, 3.05) is 18.0 Å². The lowest BCUT2D eigenvalue weighted by molar-refractivity contribution is 0.940. The number of fused-ring (bicyclic) bond motifs is 1. The molecule has 1 aliphatic heterocycles. The fraction of sp³-hybridized carbons (Fsp3) is 0.250. The average Bonchev–Trinajstić information content (AvgIpc) is 3.17. The first kappa shape index (κ1) is 13.2. The molecule has 0 aliphatic carbocycles. The summed E-state index contributed by atoms with van der Waals surface area (Å²) in [5.41, 5.74) is 2.46. The Kier molecular flexibility index (Phi) is 3.39. The quantitative estimate of drug-likeness (QED) is 0.662. The topological polar surface area (TPSA) is 29.0 Å². The van der Waals surface area contributed by atoms with Crippen molar-refractivity contribution in [2.24, 2.45) is 0 Å². The number of aromatic nitrogens is 2. The molecule has 106 valence electrons. The summed E-state index contributed by atoms with van der Waals surface area (Å²) in [5.74, 6) is 1.09. The molecule has 5 heteroatoms. The van der Waals surface area contributed by atoms with Crippen molar-refractivity contribution >= 4 is 43.3 Å². The van der Waals surface area contributed by atoms with Gasteiger partial charge in [0.05, 0.1) is 5.39 Å². The van der Waals surface area contributed by atoms with Crippen LogP contribution in [0.3, 0.4) is 0 Å². The number of anilines is 1. The van der Waals surface area contributed by atoms with Gasteiger partial charge < -0.3 is 4.90 Å². The predicted octanol–water partition coefficient (Wildman–Crippen LogP) is 4.72. The zero-order chi connectivity index (χ0) is 14.2. The van der Waals surface area contributed by atoms with E-state index in [1.165, 1.54) is 29.4 Å². The van der Waals surface area contributed by atoms with E-state index in [0.717, 1.165) is 28.2 Å². The predicted molar refractivity (Wildman–Crippen MR) is 92.0 cm³/mol. The summed E-state index contributed by atoms with van der Waals surface area (Å²) in [4.78, 5) is 12.5. The van der Waals surface area contributed by atoms with Crippen molar-refractivity contribution in [3.63, 3.8) is 0 Å². The Bertz CT molecular complexity index is 776. The summed E-state index contributed by atoms with van der Waals surface area (Å²) in [6, 6.07) is 8.45. The number of nitrogens with zero attached hydrogens (tertiary/aromatic N) is 3. The fourth-order valence-corrected chi connectivity index (χ4v) is 4.04. The molecule has 1 aromatic carbocycles. The average molecular weight is 360 g/mol. The second-order valence-electron chi connectivity index (χ2n) is 5.23. The molecule has 0 amide bonds. The van der Waals surface area contributed by atoms with E-state index >= 15 is 0 Å². The van der Waals surface area contributed by atoms with Crippen LogP contribution in [-0.2, 0) is 0 Å². The van der Waals surface area contributed by atoms with Gasteiger partial charge in [-0.2, -0.15) is 0 Å². The Balaban J connectivity index is 1.91. The number of hydrogen-bond acceptors (Lipinski definition) is 4. The van der Waals surface area contributed by atoms with E-state index in [1.54, 1.807) is 17.7 Å². The third kappa shape index (κ3) is 2.34. The minimum atomic E-state index is 1.07. The van der Waals surface area contributed by atoms with Crippen LogP contribution in [0.5, 0.6) is 0 Å². The number of rotatable bonds is 2. The molecule has 2 aromatic heterocycles. The summed E-state index contributed by atoms with van der Waals surface area (Å²) in [5, 5.41) is 3.40. The standard InChI is InChI=1S/C16H14BrN3S/c17-12-5-3-11(4-6-12)13-9-21-16-14(13)15(18-10-19-16)20-7-1-2-8-20/h3-6,9-10H,1-2,7-8H2. The molecule has 0 radical (unpaired) electrons. The Hall–Kier alpha value is -1.46. The molecule has 0 saturated carbocycles. The van der Waals surface area contributed by atoms with Gasteiger partial charge in [0, 0.05) is 28.5 Å². The lowest BCUT2D eigenvalue weighted by Crippen LogP contribution is -2.19. The maximum atomic E-state index is 4.58. The van der Waals surface area contributed by atoms with Crippen molar-refractivity contribution in [3.8, 4) is 11.1 Å². The molecule has 0 atom stereocenters. The van der Waals surface area contributed by atoms with E-state index in [0.29, 0.717) is 0 Å².